The van der Waals surface area contributed by atoms with Gasteiger partial charge in [0.15, 0.2) is 0 Å². The Labute approximate surface area is 151 Å². The maximum absolute atomic E-state index is 10.5. The molecule has 0 spiro atoms. The first-order chi connectivity index (χ1) is 12.1. The largest absolute Gasteiger partial charge is 0.393 e. The van der Waals surface area contributed by atoms with Crippen LogP contribution in [0.15, 0.2) is 30.9 Å². The third-order valence-electron chi connectivity index (χ3n) is 5.51. The van der Waals surface area contributed by atoms with Crippen LogP contribution >= 0.6 is 0 Å². The van der Waals surface area contributed by atoms with Gasteiger partial charge in [0.25, 0.3) is 0 Å². The number of aliphatic hydroxyl groups is 2. The van der Waals surface area contributed by atoms with Gasteiger partial charge in [-0.25, -0.2) is 0 Å². The van der Waals surface area contributed by atoms with Crippen LogP contribution in [-0.2, 0) is 12.8 Å². The smallest absolute Gasteiger partial charge is 0.0983 e. The van der Waals surface area contributed by atoms with Crippen LogP contribution in [0.4, 0.5) is 0 Å². The number of aryl methyl sites for hydroxylation is 1. The quantitative estimate of drug-likeness (QED) is 0.640. The number of aliphatic hydroxyl groups excluding tert-OH is 2. The van der Waals surface area contributed by atoms with E-state index in [1.54, 1.807) is 0 Å². The summed E-state index contributed by atoms with van der Waals surface area (Å²) in [6.07, 6.45) is 5.92. The third kappa shape index (κ3) is 4.33. The average molecular weight is 339 g/mol. The second kappa shape index (κ2) is 8.19. The van der Waals surface area contributed by atoms with E-state index in [4.69, 9.17) is 0 Å². The maximum Gasteiger partial charge on any atom is 0.0983 e. The Morgan fingerprint density at radius 3 is 2.76 bits per heavy atom. The number of hydrogen-bond acceptors (Lipinski definition) is 3. The highest BCUT2D eigenvalue weighted by Gasteiger charge is 2.40. The normalized spacial score (nSPS) is 28.9. The fourth-order valence-corrected chi connectivity index (χ4v) is 3.97. The molecule has 0 saturated carbocycles. The molecule has 0 amide bonds. The molecule has 3 heterocycles. The van der Waals surface area contributed by atoms with E-state index in [-0.39, 0.29) is 18.2 Å². The number of benzene rings is 1. The Morgan fingerprint density at radius 2 is 2.12 bits per heavy atom. The Kier molecular flexibility index (Phi) is 5.96. The molecule has 134 valence electrons. The summed E-state index contributed by atoms with van der Waals surface area (Å²) < 4.78 is 0. The van der Waals surface area contributed by atoms with E-state index in [1.165, 1.54) is 11.1 Å². The summed E-state index contributed by atoms with van der Waals surface area (Å²) in [5.74, 6) is 7.08. The predicted molar refractivity (Wildman–Crippen MR) is 101 cm³/mol. The zero-order valence-electron chi connectivity index (χ0n) is 15.1. The molecule has 3 unspecified atom stereocenters. The van der Waals surface area contributed by atoms with Crippen molar-refractivity contribution < 1.29 is 10.2 Å². The van der Waals surface area contributed by atoms with Gasteiger partial charge in [-0.2, -0.15) is 0 Å². The van der Waals surface area contributed by atoms with Gasteiger partial charge < -0.3 is 10.2 Å². The van der Waals surface area contributed by atoms with Crippen molar-refractivity contribution in [3.05, 3.63) is 47.5 Å². The Balaban J connectivity index is 1.79. The van der Waals surface area contributed by atoms with Crippen molar-refractivity contribution in [2.45, 2.75) is 57.3 Å². The van der Waals surface area contributed by atoms with Crippen LogP contribution in [0.2, 0.25) is 0 Å². The van der Waals surface area contributed by atoms with Gasteiger partial charge in [0, 0.05) is 5.56 Å². The zero-order valence-corrected chi connectivity index (χ0v) is 15.1. The molecule has 2 bridgehead atoms. The van der Waals surface area contributed by atoms with E-state index in [0.29, 0.717) is 5.92 Å². The molecule has 3 aliphatic heterocycles. The van der Waals surface area contributed by atoms with Crippen molar-refractivity contribution in [1.29, 1.82) is 0 Å². The lowest BCUT2D eigenvalue weighted by Gasteiger charge is -2.46. The van der Waals surface area contributed by atoms with Crippen molar-refractivity contribution in [3.8, 4) is 11.8 Å². The molecule has 3 nitrogen and oxygen atoms in total. The standard InChI is InChI=1S/C22H29NO2/c1-3-4-20-15-17(6-5-16(2)24)7-8-18(20)9-10-21-22(25)19-11-13-23(21)14-12-19/h3,7-8,15-16,19,21-22,24-25H,1,4-6,11-14H2,2H3. The first-order valence-corrected chi connectivity index (χ1v) is 9.43. The summed E-state index contributed by atoms with van der Waals surface area (Å²) in [5, 5.41) is 20.0. The van der Waals surface area contributed by atoms with E-state index in [9.17, 15) is 10.2 Å². The highest BCUT2D eigenvalue weighted by Crippen LogP contribution is 2.32. The average Bonchev–Trinajstić information content (AvgIpc) is 2.61. The summed E-state index contributed by atoms with van der Waals surface area (Å²) in [6.45, 7) is 7.79. The van der Waals surface area contributed by atoms with Gasteiger partial charge in [-0.3, -0.25) is 4.90 Å². The van der Waals surface area contributed by atoms with Crippen molar-refractivity contribution in [3.63, 3.8) is 0 Å². The monoisotopic (exact) mass is 339 g/mol. The molecule has 0 aliphatic carbocycles. The van der Waals surface area contributed by atoms with Gasteiger partial charge in [-0.05, 0) is 75.2 Å². The number of rotatable bonds is 5. The highest BCUT2D eigenvalue weighted by atomic mass is 16.3. The molecule has 25 heavy (non-hydrogen) atoms. The highest BCUT2D eigenvalue weighted by molar-refractivity contribution is 5.45. The molecule has 0 aromatic heterocycles. The number of piperidine rings is 3. The Bertz CT molecular complexity index is 660. The lowest BCUT2D eigenvalue weighted by Crippen LogP contribution is -2.57. The summed E-state index contributed by atoms with van der Waals surface area (Å²) >= 11 is 0. The Morgan fingerprint density at radius 1 is 1.36 bits per heavy atom. The zero-order chi connectivity index (χ0) is 17.8. The lowest BCUT2D eigenvalue weighted by molar-refractivity contribution is -0.0500. The molecule has 4 rings (SSSR count). The van der Waals surface area contributed by atoms with Gasteiger partial charge in [0.05, 0.1) is 18.2 Å². The maximum atomic E-state index is 10.5. The predicted octanol–water partition coefficient (Wildman–Crippen LogP) is 2.54. The SMILES string of the molecule is C=CCc1cc(CCC(C)O)ccc1C#CC1C(O)C2CCN1CC2. The topological polar surface area (TPSA) is 43.7 Å². The van der Waals surface area contributed by atoms with Crippen LogP contribution in [0, 0.1) is 17.8 Å². The molecule has 0 radical (unpaired) electrons. The fourth-order valence-electron chi connectivity index (χ4n) is 3.97. The Hall–Kier alpha value is -1.60. The number of nitrogens with zero attached hydrogens (tertiary/aromatic N) is 1. The van der Waals surface area contributed by atoms with Crippen LogP contribution in [-0.4, -0.2) is 46.5 Å². The van der Waals surface area contributed by atoms with Crippen molar-refractivity contribution in [2.75, 3.05) is 13.1 Å². The van der Waals surface area contributed by atoms with Gasteiger partial charge in [-0.15, -0.1) is 6.58 Å². The molecule has 3 atom stereocenters. The molecule has 2 N–H and O–H groups in total. The minimum Gasteiger partial charge on any atom is -0.393 e. The van der Waals surface area contributed by atoms with Crippen molar-refractivity contribution in [1.82, 2.24) is 4.90 Å². The third-order valence-corrected chi connectivity index (χ3v) is 5.51. The second-order valence-corrected chi connectivity index (χ2v) is 7.45. The van der Waals surface area contributed by atoms with Crippen LogP contribution in [0.3, 0.4) is 0 Å². The van der Waals surface area contributed by atoms with Crippen LogP contribution in [0.25, 0.3) is 0 Å². The van der Waals surface area contributed by atoms with Crippen molar-refractivity contribution in [2.24, 2.45) is 5.92 Å². The minimum atomic E-state index is -0.317. The van der Waals surface area contributed by atoms with Crippen LogP contribution in [0.1, 0.15) is 42.9 Å². The molecular formula is C22H29NO2. The lowest BCUT2D eigenvalue weighted by atomic mass is 9.81. The van der Waals surface area contributed by atoms with E-state index >= 15 is 0 Å². The van der Waals surface area contributed by atoms with Crippen LogP contribution < -0.4 is 0 Å². The van der Waals surface area contributed by atoms with E-state index in [2.05, 4.69) is 41.5 Å². The first-order valence-electron chi connectivity index (χ1n) is 9.43. The van der Waals surface area contributed by atoms with Gasteiger partial charge in [-0.1, -0.05) is 30.0 Å². The summed E-state index contributed by atoms with van der Waals surface area (Å²) in [4.78, 5) is 2.32. The number of allylic oxidation sites excluding steroid dienone is 1. The van der Waals surface area contributed by atoms with Crippen LogP contribution in [0.5, 0.6) is 0 Å². The number of hydrogen-bond donors (Lipinski definition) is 2. The molecule has 3 saturated heterocycles. The summed E-state index contributed by atoms with van der Waals surface area (Å²) in [7, 11) is 0. The van der Waals surface area contributed by atoms with Crippen molar-refractivity contribution >= 4 is 0 Å². The van der Waals surface area contributed by atoms with Gasteiger partial charge in [0.1, 0.15) is 0 Å². The van der Waals surface area contributed by atoms with Gasteiger partial charge >= 0.3 is 0 Å². The van der Waals surface area contributed by atoms with Gasteiger partial charge in [0.2, 0.25) is 0 Å². The summed E-state index contributed by atoms with van der Waals surface area (Å²) in [6, 6.07) is 6.32. The second-order valence-electron chi connectivity index (χ2n) is 7.45. The fraction of sp³-hybridized carbons (Fsp3) is 0.545. The molecular weight excluding hydrogens is 310 g/mol. The van der Waals surface area contributed by atoms with E-state index in [0.717, 1.165) is 50.8 Å². The van der Waals surface area contributed by atoms with E-state index in [1.807, 2.05) is 13.0 Å². The first kappa shape index (κ1) is 18.2. The molecule has 3 heteroatoms. The number of fused-ring (bicyclic) bond motifs is 3. The minimum absolute atomic E-state index is 0.0287. The molecule has 1 aromatic rings. The molecule has 3 aliphatic rings. The molecule has 3 fully saturated rings. The summed E-state index contributed by atoms with van der Waals surface area (Å²) in [5.41, 5.74) is 3.43. The van der Waals surface area contributed by atoms with E-state index < -0.39 is 0 Å². The molecule has 1 aromatic carbocycles.